The van der Waals surface area contributed by atoms with Gasteiger partial charge in [-0.15, -0.1) is 0 Å². The van der Waals surface area contributed by atoms with Gasteiger partial charge in [-0.25, -0.2) is 0 Å². The molecular formula is C20H22N2O4S. The molecule has 27 heavy (non-hydrogen) atoms. The number of thiazole rings is 1. The van der Waals surface area contributed by atoms with Crippen LogP contribution in [0.5, 0.6) is 17.2 Å². The molecule has 0 aliphatic rings. The minimum absolute atomic E-state index is 0.174. The van der Waals surface area contributed by atoms with Gasteiger partial charge in [0, 0.05) is 12.6 Å². The second-order valence-corrected chi connectivity index (χ2v) is 7.07. The molecule has 7 heteroatoms. The highest BCUT2D eigenvalue weighted by Crippen LogP contribution is 2.34. The van der Waals surface area contributed by atoms with Gasteiger partial charge < -0.3 is 18.8 Å². The van der Waals surface area contributed by atoms with Crippen LogP contribution in [0, 0.1) is 6.92 Å². The monoisotopic (exact) mass is 386 g/mol. The van der Waals surface area contributed by atoms with Crippen LogP contribution >= 0.6 is 11.3 Å². The van der Waals surface area contributed by atoms with Crippen molar-refractivity contribution in [2.45, 2.75) is 13.3 Å². The van der Waals surface area contributed by atoms with Crippen molar-refractivity contribution >= 4 is 27.5 Å². The van der Waals surface area contributed by atoms with E-state index in [0.717, 1.165) is 27.1 Å². The fraction of sp³-hybridized carbons (Fsp3) is 0.300. The summed E-state index contributed by atoms with van der Waals surface area (Å²) in [5.74, 6) is 1.88. The Morgan fingerprint density at radius 1 is 1.04 bits per heavy atom. The molecule has 0 saturated carbocycles. The van der Waals surface area contributed by atoms with Gasteiger partial charge in [-0.05, 0) is 25.1 Å². The zero-order chi connectivity index (χ0) is 19.6. The van der Waals surface area contributed by atoms with Gasteiger partial charge in [-0.1, -0.05) is 29.0 Å². The number of methoxy groups -OCH3 is 3. The lowest BCUT2D eigenvalue weighted by Gasteiger charge is -2.07. The van der Waals surface area contributed by atoms with Crippen molar-refractivity contribution in [2.75, 3.05) is 21.3 Å². The molecule has 0 N–H and O–H groups in total. The molecule has 142 valence electrons. The molecule has 3 aromatic rings. The second-order valence-electron chi connectivity index (χ2n) is 6.09. The number of aryl methyl sites for hydroxylation is 2. The molecule has 2 aromatic carbocycles. The number of aromatic nitrogens is 1. The average molecular weight is 386 g/mol. The third-order valence-corrected chi connectivity index (χ3v) is 5.46. The van der Waals surface area contributed by atoms with Crippen LogP contribution < -0.4 is 19.0 Å². The maximum absolute atomic E-state index is 12.6. The van der Waals surface area contributed by atoms with Crippen molar-refractivity contribution in [1.82, 2.24) is 4.57 Å². The SMILES string of the molecule is COc1ccc(C)cc1CC(=O)N=c1sc2c(OC)ccc(OC)c2n1C. The Bertz CT molecular complexity index is 1070. The molecule has 1 heterocycles. The van der Waals surface area contributed by atoms with Crippen LogP contribution in [0.15, 0.2) is 35.3 Å². The van der Waals surface area contributed by atoms with Crippen LogP contribution in [-0.2, 0) is 18.3 Å². The smallest absolute Gasteiger partial charge is 0.252 e. The first-order chi connectivity index (χ1) is 13.0. The number of benzene rings is 2. The maximum Gasteiger partial charge on any atom is 0.252 e. The first kappa shape index (κ1) is 19.0. The van der Waals surface area contributed by atoms with E-state index in [9.17, 15) is 4.79 Å². The zero-order valence-corrected chi connectivity index (χ0v) is 16.8. The molecule has 0 atom stereocenters. The Balaban J connectivity index is 2.05. The predicted molar refractivity (Wildman–Crippen MR) is 106 cm³/mol. The van der Waals surface area contributed by atoms with Crippen molar-refractivity contribution in [1.29, 1.82) is 0 Å². The van der Waals surface area contributed by atoms with Crippen molar-refractivity contribution in [3.8, 4) is 17.2 Å². The van der Waals surface area contributed by atoms with Crippen molar-refractivity contribution < 1.29 is 19.0 Å². The van der Waals surface area contributed by atoms with Crippen LogP contribution in [0.2, 0.25) is 0 Å². The molecule has 0 bridgehead atoms. The molecular weight excluding hydrogens is 364 g/mol. The van der Waals surface area contributed by atoms with E-state index < -0.39 is 0 Å². The highest BCUT2D eigenvalue weighted by Gasteiger charge is 2.15. The summed E-state index contributed by atoms with van der Waals surface area (Å²) in [5, 5.41) is 0. The van der Waals surface area contributed by atoms with E-state index in [2.05, 4.69) is 4.99 Å². The Hall–Kier alpha value is -2.80. The minimum Gasteiger partial charge on any atom is -0.496 e. The number of ether oxygens (including phenoxy) is 3. The highest BCUT2D eigenvalue weighted by atomic mass is 32.1. The zero-order valence-electron chi connectivity index (χ0n) is 16.0. The first-order valence-electron chi connectivity index (χ1n) is 8.40. The van der Waals surface area contributed by atoms with E-state index in [1.54, 1.807) is 21.3 Å². The minimum atomic E-state index is -0.237. The summed E-state index contributed by atoms with van der Waals surface area (Å²) in [6.45, 7) is 1.98. The largest absolute Gasteiger partial charge is 0.496 e. The van der Waals surface area contributed by atoms with Crippen molar-refractivity contribution in [3.05, 3.63) is 46.3 Å². The molecule has 0 unspecified atom stereocenters. The molecule has 0 saturated heterocycles. The standard InChI is InChI=1S/C20H22N2O4S/c1-12-6-7-14(24-3)13(10-12)11-17(23)21-20-22(2)18-15(25-4)8-9-16(26-5)19(18)27-20/h6-10H,11H2,1-5H3. The van der Waals surface area contributed by atoms with Gasteiger partial charge in [0.15, 0.2) is 4.80 Å². The van der Waals surface area contributed by atoms with Gasteiger partial charge in [-0.3, -0.25) is 4.79 Å². The summed E-state index contributed by atoms with van der Waals surface area (Å²) < 4.78 is 19.0. The highest BCUT2D eigenvalue weighted by molar-refractivity contribution is 7.16. The summed E-state index contributed by atoms with van der Waals surface area (Å²) in [6.07, 6.45) is 0.174. The van der Waals surface area contributed by atoms with Crippen LogP contribution in [0.4, 0.5) is 0 Å². The molecule has 0 fully saturated rings. The van der Waals surface area contributed by atoms with Crippen molar-refractivity contribution in [2.24, 2.45) is 12.0 Å². The van der Waals surface area contributed by atoms with Gasteiger partial charge in [-0.2, -0.15) is 4.99 Å². The molecule has 0 spiro atoms. The normalized spacial score (nSPS) is 11.7. The van der Waals surface area contributed by atoms with Gasteiger partial charge >= 0.3 is 0 Å². The van der Waals surface area contributed by atoms with Crippen LogP contribution in [0.1, 0.15) is 11.1 Å². The lowest BCUT2D eigenvalue weighted by atomic mass is 10.1. The third kappa shape index (κ3) is 3.68. The Kier molecular flexibility index (Phi) is 5.51. The maximum atomic E-state index is 12.6. The topological polar surface area (TPSA) is 62.1 Å². The Labute approximate surface area is 161 Å². The van der Waals surface area contributed by atoms with E-state index in [-0.39, 0.29) is 12.3 Å². The molecule has 0 aliphatic carbocycles. The number of hydrogen-bond acceptors (Lipinski definition) is 5. The van der Waals surface area contributed by atoms with E-state index in [0.29, 0.717) is 16.3 Å². The van der Waals surface area contributed by atoms with E-state index in [1.807, 2.05) is 48.9 Å². The molecule has 0 aliphatic heterocycles. The van der Waals surface area contributed by atoms with E-state index in [1.165, 1.54) is 11.3 Å². The number of nitrogens with zero attached hydrogens (tertiary/aromatic N) is 2. The molecule has 6 nitrogen and oxygen atoms in total. The summed E-state index contributed by atoms with van der Waals surface area (Å²) in [4.78, 5) is 17.5. The molecule has 1 aromatic heterocycles. The van der Waals surface area contributed by atoms with Crippen LogP contribution in [0.25, 0.3) is 10.2 Å². The van der Waals surface area contributed by atoms with Crippen LogP contribution in [-0.4, -0.2) is 31.8 Å². The van der Waals surface area contributed by atoms with Gasteiger partial charge in [0.1, 0.15) is 27.5 Å². The summed E-state index contributed by atoms with van der Waals surface area (Å²) in [7, 11) is 6.69. The first-order valence-corrected chi connectivity index (χ1v) is 9.21. The Morgan fingerprint density at radius 3 is 2.33 bits per heavy atom. The molecule has 0 radical (unpaired) electrons. The van der Waals surface area contributed by atoms with E-state index in [4.69, 9.17) is 14.2 Å². The van der Waals surface area contributed by atoms with Gasteiger partial charge in [0.05, 0.1) is 27.8 Å². The lowest BCUT2D eigenvalue weighted by molar-refractivity contribution is -0.117. The quantitative estimate of drug-likeness (QED) is 0.675. The third-order valence-electron chi connectivity index (χ3n) is 4.31. The second kappa shape index (κ2) is 7.84. The number of amides is 1. The predicted octanol–water partition coefficient (Wildman–Crippen LogP) is 3.24. The fourth-order valence-corrected chi connectivity index (χ4v) is 4.13. The number of carbonyl (C=O) groups is 1. The summed E-state index contributed by atoms with van der Waals surface area (Å²) >= 11 is 1.40. The van der Waals surface area contributed by atoms with Crippen LogP contribution in [0.3, 0.4) is 0 Å². The molecule has 1 amide bonds. The van der Waals surface area contributed by atoms with Gasteiger partial charge in [0.2, 0.25) is 0 Å². The average Bonchev–Trinajstić information content (AvgIpc) is 2.97. The Morgan fingerprint density at radius 2 is 1.67 bits per heavy atom. The number of rotatable bonds is 5. The number of carbonyl (C=O) groups excluding carboxylic acids is 1. The summed E-state index contributed by atoms with van der Waals surface area (Å²) in [5.41, 5.74) is 2.74. The lowest BCUT2D eigenvalue weighted by Crippen LogP contribution is -2.14. The number of fused-ring (bicyclic) bond motifs is 1. The molecule has 3 rings (SSSR count). The van der Waals surface area contributed by atoms with E-state index >= 15 is 0 Å². The fourth-order valence-electron chi connectivity index (χ4n) is 2.98. The number of hydrogen-bond donors (Lipinski definition) is 0. The van der Waals surface area contributed by atoms with Gasteiger partial charge in [0.25, 0.3) is 5.91 Å². The summed E-state index contributed by atoms with van der Waals surface area (Å²) in [6, 6.07) is 9.46. The van der Waals surface area contributed by atoms with Crippen molar-refractivity contribution in [3.63, 3.8) is 0 Å².